The van der Waals surface area contributed by atoms with E-state index in [1.54, 1.807) is 12.1 Å². The zero-order chi connectivity index (χ0) is 19.8. The van der Waals surface area contributed by atoms with Gasteiger partial charge in [-0.1, -0.05) is 78.9 Å². The Balaban J connectivity index is 1.85. The van der Waals surface area contributed by atoms with Crippen molar-refractivity contribution in [2.75, 3.05) is 13.7 Å². The van der Waals surface area contributed by atoms with E-state index in [0.717, 1.165) is 16.7 Å². The van der Waals surface area contributed by atoms with Crippen LogP contribution in [0.2, 0.25) is 0 Å². The summed E-state index contributed by atoms with van der Waals surface area (Å²) in [6, 6.07) is 25.3. The molecule has 0 unspecified atom stereocenters. The first kappa shape index (κ1) is 19.5. The number of carbonyl (C=O) groups is 1. The summed E-state index contributed by atoms with van der Waals surface area (Å²) in [5, 5.41) is 3.20. The summed E-state index contributed by atoms with van der Waals surface area (Å²) < 4.78 is 18.1. The molecule has 3 nitrogen and oxygen atoms in total. The fraction of sp³-hybridized carbons (Fsp3) is 0.125. The van der Waals surface area contributed by atoms with E-state index in [-0.39, 0.29) is 5.82 Å². The number of benzene rings is 3. The Morgan fingerprint density at radius 1 is 0.929 bits per heavy atom. The second-order valence-corrected chi connectivity index (χ2v) is 6.27. The zero-order valence-electron chi connectivity index (χ0n) is 15.6. The summed E-state index contributed by atoms with van der Waals surface area (Å²) in [6.07, 6.45) is 2.05. The SMILES string of the molecule is COC(=O)[C@H](NCC=C(c1ccccc1)c1ccccc1)c1ccc(F)cc1. The Bertz CT molecular complexity index is 880. The molecule has 3 aromatic carbocycles. The highest BCUT2D eigenvalue weighted by Crippen LogP contribution is 2.23. The number of methoxy groups -OCH3 is 1. The predicted octanol–water partition coefficient (Wildman–Crippen LogP) is 4.76. The molecule has 3 rings (SSSR count). The monoisotopic (exact) mass is 375 g/mol. The summed E-state index contributed by atoms with van der Waals surface area (Å²) in [5.74, 6) is -0.760. The molecule has 0 saturated heterocycles. The highest BCUT2D eigenvalue weighted by molar-refractivity contribution is 5.80. The lowest BCUT2D eigenvalue weighted by atomic mass is 9.97. The zero-order valence-corrected chi connectivity index (χ0v) is 15.6. The van der Waals surface area contributed by atoms with E-state index in [1.165, 1.54) is 19.2 Å². The third-order valence-electron chi connectivity index (χ3n) is 4.44. The number of carbonyl (C=O) groups excluding carboxylic acids is 1. The van der Waals surface area contributed by atoms with Gasteiger partial charge >= 0.3 is 5.97 Å². The maximum absolute atomic E-state index is 13.2. The number of halogens is 1. The van der Waals surface area contributed by atoms with Gasteiger partial charge in [0.15, 0.2) is 0 Å². The minimum atomic E-state index is -0.672. The molecule has 1 N–H and O–H groups in total. The van der Waals surface area contributed by atoms with Crippen LogP contribution in [-0.2, 0) is 9.53 Å². The molecule has 142 valence electrons. The number of esters is 1. The Hall–Kier alpha value is -3.24. The van der Waals surface area contributed by atoms with Crippen molar-refractivity contribution in [3.8, 4) is 0 Å². The molecular weight excluding hydrogens is 353 g/mol. The van der Waals surface area contributed by atoms with Crippen molar-refractivity contribution in [3.63, 3.8) is 0 Å². The number of nitrogens with one attached hydrogen (secondary N) is 1. The lowest BCUT2D eigenvalue weighted by Gasteiger charge is -2.17. The van der Waals surface area contributed by atoms with Crippen molar-refractivity contribution in [1.82, 2.24) is 5.32 Å². The van der Waals surface area contributed by atoms with Gasteiger partial charge < -0.3 is 4.74 Å². The molecule has 0 spiro atoms. The van der Waals surface area contributed by atoms with Gasteiger partial charge in [0.25, 0.3) is 0 Å². The molecule has 0 saturated carbocycles. The average molecular weight is 375 g/mol. The van der Waals surface area contributed by atoms with Gasteiger partial charge in [0, 0.05) is 6.54 Å². The fourth-order valence-electron chi connectivity index (χ4n) is 3.03. The van der Waals surface area contributed by atoms with E-state index in [9.17, 15) is 9.18 Å². The van der Waals surface area contributed by atoms with E-state index in [1.807, 2.05) is 42.5 Å². The maximum atomic E-state index is 13.2. The van der Waals surface area contributed by atoms with Crippen molar-refractivity contribution < 1.29 is 13.9 Å². The van der Waals surface area contributed by atoms with Gasteiger partial charge in [-0.25, -0.2) is 9.18 Å². The number of ether oxygens (including phenoxy) is 1. The molecule has 1 atom stereocenters. The Labute approximate surface area is 164 Å². The first-order chi connectivity index (χ1) is 13.7. The molecule has 28 heavy (non-hydrogen) atoms. The molecule has 0 aliphatic heterocycles. The Kier molecular flexibility index (Phi) is 6.71. The molecule has 3 aromatic rings. The van der Waals surface area contributed by atoms with Gasteiger partial charge in [0.2, 0.25) is 0 Å². The lowest BCUT2D eigenvalue weighted by molar-refractivity contribution is -0.143. The van der Waals surface area contributed by atoms with Crippen LogP contribution in [0.5, 0.6) is 0 Å². The van der Waals surface area contributed by atoms with Gasteiger partial charge in [-0.2, -0.15) is 0 Å². The molecule has 0 heterocycles. The fourth-order valence-corrected chi connectivity index (χ4v) is 3.03. The second-order valence-electron chi connectivity index (χ2n) is 6.27. The molecular formula is C24H22FNO2. The average Bonchev–Trinajstić information content (AvgIpc) is 2.75. The van der Waals surface area contributed by atoms with Crippen LogP contribution in [0.15, 0.2) is 91.0 Å². The normalized spacial score (nSPS) is 11.5. The van der Waals surface area contributed by atoms with Gasteiger partial charge in [-0.05, 0) is 34.4 Å². The lowest BCUT2D eigenvalue weighted by Crippen LogP contribution is -2.30. The minimum Gasteiger partial charge on any atom is -0.468 e. The van der Waals surface area contributed by atoms with Crippen LogP contribution < -0.4 is 5.32 Å². The molecule has 0 aromatic heterocycles. The van der Waals surface area contributed by atoms with Gasteiger partial charge in [0.1, 0.15) is 11.9 Å². The summed E-state index contributed by atoms with van der Waals surface area (Å²) in [5.41, 5.74) is 3.90. The summed E-state index contributed by atoms with van der Waals surface area (Å²) >= 11 is 0. The standard InChI is InChI=1S/C24H22FNO2/c1-28-24(27)23(20-12-14-21(25)15-13-20)26-17-16-22(18-8-4-2-5-9-18)19-10-6-3-7-11-19/h2-16,23,26H,17H2,1H3/t23-/m1/s1. The first-order valence-electron chi connectivity index (χ1n) is 9.06. The summed E-state index contributed by atoms with van der Waals surface area (Å²) in [7, 11) is 1.34. The van der Waals surface area contributed by atoms with Crippen molar-refractivity contribution in [3.05, 3.63) is 114 Å². The molecule has 0 fully saturated rings. The molecule has 4 heteroatoms. The van der Waals surface area contributed by atoms with E-state index in [0.29, 0.717) is 12.1 Å². The van der Waals surface area contributed by atoms with Crippen LogP contribution in [0.25, 0.3) is 5.57 Å². The Morgan fingerprint density at radius 2 is 1.46 bits per heavy atom. The predicted molar refractivity (Wildman–Crippen MR) is 109 cm³/mol. The second kappa shape index (κ2) is 9.62. The van der Waals surface area contributed by atoms with Gasteiger partial charge in [-0.15, -0.1) is 0 Å². The number of rotatable bonds is 7. The highest BCUT2D eigenvalue weighted by Gasteiger charge is 2.20. The smallest absolute Gasteiger partial charge is 0.327 e. The maximum Gasteiger partial charge on any atom is 0.327 e. The highest BCUT2D eigenvalue weighted by atomic mass is 19.1. The first-order valence-corrected chi connectivity index (χ1v) is 9.06. The van der Waals surface area contributed by atoms with Crippen LogP contribution in [0.4, 0.5) is 4.39 Å². The van der Waals surface area contributed by atoms with Crippen LogP contribution in [0.3, 0.4) is 0 Å². The third-order valence-corrected chi connectivity index (χ3v) is 4.44. The van der Waals surface area contributed by atoms with Crippen molar-refractivity contribution >= 4 is 11.5 Å². The van der Waals surface area contributed by atoms with Crippen LogP contribution in [0, 0.1) is 5.82 Å². The quantitative estimate of drug-likeness (QED) is 0.605. The number of hydrogen-bond donors (Lipinski definition) is 1. The molecule has 0 aliphatic carbocycles. The van der Waals surface area contributed by atoms with E-state index >= 15 is 0 Å². The minimum absolute atomic E-state index is 0.345. The van der Waals surface area contributed by atoms with Crippen molar-refractivity contribution in [2.24, 2.45) is 0 Å². The van der Waals surface area contributed by atoms with Crippen LogP contribution in [0.1, 0.15) is 22.7 Å². The van der Waals surface area contributed by atoms with Crippen LogP contribution in [-0.4, -0.2) is 19.6 Å². The molecule has 0 amide bonds. The number of hydrogen-bond acceptors (Lipinski definition) is 3. The van der Waals surface area contributed by atoms with Gasteiger partial charge in [-0.3, -0.25) is 5.32 Å². The van der Waals surface area contributed by atoms with Crippen LogP contribution >= 0.6 is 0 Å². The van der Waals surface area contributed by atoms with E-state index in [2.05, 4.69) is 29.6 Å². The summed E-state index contributed by atoms with van der Waals surface area (Å²) in [4.78, 5) is 12.2. The Morgan fingerprint density at radius 3 is 1.96 bits per heavy atom. The topological polar surface area (TPSA) is 38.3 Å². The third kappa shape index (κ3) is 4.93. The molecule has 0 bridgehead atoms. The summed E-state index contributed by atoms with van der Waals surface area (Å²) in [6.45, 7) is 0.441. The largest absolute Gasteiger partial charge is 0.468 e. The van der Waals surface area contributed by atoms with Crippen molar-refractivity contribution in [2.45, 2.75) is 6.04 Å². The van der Waals surface area contributed by atoms with E-state index in [4.69, 9.17) is 4.74 Å². The van der Waals surface area contributed by atoms with E-state index < -0.39 is 12.0 Å². The molecule has 0 aliphatic rings. The van der Waals surface area contributed by atoms with Crippen molar-refractivity contribution in [1.29, 1.82) is 0 Å². The molecule has 0 radical (unpaired) electrons. The van der Waals surface area contributed by atoms with Gasteiger partial charge in [0.05, 0.1) is 7.11 Å².